The number of carboxylic acid groups (broad SMARTS) is 1. The van der Waals surface area contributed by atoms with E-state index in [0.717, 1.165) is 11.1 Å². The molecule has 0 aliphatic carbocycles. The average molecular weight is 248 g/mol. The molecule has 2 amide bonds. The summed E-state index contributed by atoms with van der Waals surface area (Å²) >= 11 is 0. The van der Waals surface area contributed by atoms with Crippen molar-refractivity contribution in [1.82, 2.24) is 10.2 Å². The number of nitrogens with one attached hydrogen (secondary N) is 1. The molecule has 0 bridgehead atoms. The monoisotopic (exact) mass is 248 g/mol. The first-order valence-corrected chi connectivity index (χ1v) is 6.00. The largest absolute Gasteiger partial charge is 0.478 e. The van der Waals surface area contributed by atoms with E-state index in [2.05, 4.69) is 5.32 Å². The molecule has 0 fully saturated rings. The first-order chi connectivity index (χ1) is 8.63. The summed E-state index contributed by atoms with van der Waals surface area (Å²) in [5.41, 5.74) is 2.13. The van der Waals surface area contributed by atoms with Gasteiger partial charge in [-0.2, -0.15) is 0 Å². The minimum absolute atomic E-state index is 0.0936. The molecule has 2 N–H and O–H groups in total. The summed E-state index contributed by atoms with van der Waals surface area (Å²) in [6.07, 6.45) is 0.592. The van der Waals surface area contributed by atoms with Crippen LogP contribution in [0.3, 0.4) is 0 Å². The van der Waals surface area contributed by atoms with Crippen LogP contribution in [0, 0.1) is 0 Å². The summed E-state index contributed by atoms with van der Waals surface area (Å²) in [6.45, 7) is 3.50. The normalized spacial score (nSPS) is 13.9. The van der Waals surface area contributed by atoms with Gasteiger partial charge in [-0.05, 0) is 30.5 Å². The molecule has 1 aliphatic rings. The van der Waals surface area contributed by atoms with Crippen LogP contribution in [0.4, 0.5) is 4.79 Å². The van der Waals surface area contributed by atoms with Gasteiger partial charge in [-0.15, -0.1) is 0 Å². The van der Waals surface area contributed by atoms with E-state index in [4.69, 9.17) is 5.11 Å². The van der Waals surface area contributed by atoms with Crippen molar-refractivity contribution in [3.05, 3.63) is 34.9 Å². The lowest BCUT2D eigenvalue weighted by Crippen LogP contribution is -2.42. The molecule has 0 spiro atoms. The Labute approximate surface area is 105 Å². The van der Waals surface area contributed by atoms with Gasteiger partial charge in [0.1, 0.15) is 0 Å². The van der Waals surface area contributed by atoms with E-state index in [1.165, 1.54) is 0 Å². The number of benzene rings is 1. The first kappa shape index (κ1) is 12.4. The van der Waals surface area contributed by atoms with E-state index in [1.54, 1.807) is 17.0 Å². The Balaban J connectivity index is 2.23. The van der Waals surface area contributed by atoms with E-state index in [0.29, 0.717) is 31.6 Å². The van der Waals surface area contributed by atoms with Gasteiger partial charge < -0.3 is 15.3 Å². The number of carbonyl (C=O) groups excluding carboxylic acids is 1. The smallest absolute Gasteiger partial charge is 0.335 e. The summed E-state index contributed by atoms with van der Waals surface area (Å²) in [6, 6.07) is 5.13. The van der Waals surface area contributed by atoms with Crippen molar-refractivity contribution < 1.29 is 14.7 Å². The second kappa shape index (κ2) is 5.08. The minimum atomic E-state index is -0.904. The maximum absolute atomic E-state index is 11.7. The van der Waals surface area contributed by atoms with Crippen molar-refractivity contribution >= 4 is 12.0 Å². The lowest BCUT2D eigenvalue weighted by atomic mass is 9.95. The van der Waals surface area contributed by atoms with E-state index < -0.39 is 5.97 Å². The van der Waals surface area contributed by atoms with Crippen LogP contribution in [0.1, 0.15) is 28.4 Å². The topological polar surface area (TPSA) is 69.6 Å². The van der Waals surface area contributed by atoms with Gasteiger partial charge in [0, 0.05) is 19.6 Å². The third-order valence-electron chi connectivity index (χ3n) is 3.11. The van der Waals surface area contributed by atoms with Crippen LogP contribution in [-0.2, 0) is 13.0 Å². The highest BCUT2D eigenvalue weighted by molar-refractivity contribution is 5.90. The molecule has 1 aromatic rings. The molecule has 0 atom stereocenters. The molecule has 0 saturated heterocycles. The Hall–Kier alpha value is -2.04. The van der Waals surface area contributed by atoms with E-state index in [9.17, 15) is 9.59 Å². The summed E-state index contributed by atoms with van der Waals surface area (Å²) < 4.78 is 0. The van der Waals surface area contributed by atoms with Crippen LogP contribution >= 0.6 is 0 Å². The molecular formula is C13H16N2O3. The zero-order chi connectivity index (χ0) is 13.1. The molecule has 1 aliphatic heterocycles. The highest BCUT2D eigenvalue weighted by atomic mass is 16.4. The molecule has 1 heterocycles. The third kappa shape index (κ3) is 2.30. The van der Waals surface area contributed by atoms with Gasteiger partial charge in [0.05, 0.1) is 5.56 Å². The molecule has 2 rings (SSSR count). The summed E-state index contributed by atoms with van der Waals surface area (Å²) in [7, 11) is 0. The zero-order valence-corrected chi connectivity index (χ0v) is 10.3. The minimum Gasteiger partial charge on any atom is -0.478 e. The molecule has 5 nitrogen and oxygen atoms in total. The quantitative estimate of drug-likeness (QED) is 0.832. The number of rotatable bonds is 2. The highest BCUT2D eigenvalue weighted by Gasteiger charge is 2.23. The fourth-order valence-electron chi connectivity index (χ4n) is 2.25. The molecule has 1 aromatic carbocycles. The number of nitrogens with zero attached hydrogens (tertiary/aromatic N) is 1. The third-order valence-corrected chi connectivity index (χ3v) is 3.11. The van der Waals surface area contributed by atoms with Crippen molar-refractivity contribution in [1.29, 1.82) is 0 Å². The Kier molecular flexibility index (Phi) is 3.50. The van der Waals surface area contributed by atoms with Crippen molar-refractivity contribution in [3.63, 3.8) is 0 Å². The fraction of sp³-hybridized carbons (Fsp3) is 0.385. The van der Waals surface area contributed by atoms with Gasteiger partial charge >= 0.3 is 12.0 Å². The SMILES string of the molecule is CCNC(=O)N1CCc2c(cccc2C(=O)O)C1. The number of hydrogen-bond donors (Lipinski definition) is 2. The zero-order valence-electron chi connectivity index (χ0n) is 10.3. The lowest BCUT2D eigenvalue weighted by molar-refractivity contribution is 0.0695. The number of fused-ring (bicyclic) bond motifs is 1. The number of urea groups is 1. The summed E-state index contributed by atoms with van der Waals surface area (Å²) in [5, 5.41) is 11.9. The molecule has 0 saturated carbocycles. The fourth-order valence-corrected chi connectivity index (χ4v) is 2.25. The molecule has 96 valence electrons. The standard InChI is InChI=1S/C13H16N2O3/c1-2-14-13(18)15-7-6-10-9(8-15)4-3-5-11(10)12(16)17/h3-5H,2,6-8H2,1H3,(H,14,18)(H,16,17). The van der Waals surface area contributed by atoms with Crippen LogP contribution in [0.5, 0.6) is 0 Å². The number of aromatic carboxylic acids is 1. The van der Waals surface area contributed by atoms with Gasteiger partial charge in [-0.25, -0.2) is 9.59 Å². The Morgan fingerprint density at radius 2 is 2.22 bits per heavy atom. The number of amides is 2. The lowest BCUT2D eigenvalue weighted by Gasteiger charge is -2.29. The number of carboxylic acids is 1. The van der Waals surface area contributed by atoms with E-state index in [-0.39, 0.29) is 6.03 Å². The van der Waals surface area contributed by atoms with Gasteiger partial charge in [0.2, 0.25) is 0 Å². The van der Waals surface area contributed by atoms with Crippen molar-refractivity contribution in [2.24, 2.45) is 0 Å². The highest BCUT2D eigenvalue weighted by Crippen LogP contribution is 2.22. The summed E-state index contributed by atoms with van der Waals surface area (Å²) in [4.78, 5) is 24.5. The van der Waals surface area contributed by atoms with Crippen LogP contribution < -0.4 is 5.32 Å². The van der Waals surface area contributed by atoms with Gasteiger partial charge in [0.25, 0.3) is 0 Å². The Morgan fingerprint density at radius 1 is 1.44 bits per heavy atom. The predicted molar refractivity (Wildman–Crippen MR) is 66.6 cm³/mol. The molecular weight excluding hydrogens is 232 g/mol. The molecule has 0 radical (unpaired) electrons. The van der Waals surface area contributed by atoms with Crippen LogP contribution in [0.2, 0.25) is 0 Å². The maximum Gasteiger partial charge on any atom is 0.335 e. The van der Waals surface area contributed by atoms with Crippen molar-refractivity contribution in [2.45, 2.75) is 19.9 Å². The molecule has 18 heavy (non-hydrogen) atoms. The van der Waals surface area contributed by atoms with Gasteiger partial charge in [0.15, 0.2) is 0 Å². The van der Waals surface area contributed by atoms with E-state index in [1.807, 2.05) is 13.0 Å². The van der Waals surface area contributed by atoms with Gasteiger partial charge in [-0.1, -0.05) is 12.1 Å². The van der Waals surface area contributed by atoms with Crippen LogP contribution in [0.15, 0.2) is 18.2 Å². The van der Waals surface area contributed by atoms with Gasteiger partial charge in [-0.3, -0.25) is 0 Å². The maximum atomic E-state index is 11.7. The second-order valence-corrected chi connectivity index (χ2v) is 4.26. The summed E-state index contributed by atoms with van der Waals surface area (Å²) in [5.74, 6) is -0.904. The second-order valence-electron chi connectivity index (χ2n) is 4.26. The molecule has 5 heteroatoms. The predicted octanol–water partition coefficient (Wildman–Crippen LogP) is 1.47. The number of carbonyl (C=O) groups is 2. The van der Waals surface area contributed by atoms with Crippen molar-refractivity contribution in [2.75, 3.05) is 13.1 Å². The first-order valence-electron chi connectivity index (χ1n) is 6.00. The molecule has 0 unspecified atom stereocenters. The van der Waals surface area contributed by atoms with Crippen molar-refractivity contribution in [3.8, 4) is 0 Å². The van der Waals surface area contributed by atoms with E-state index >= 15 is 0 Å². The number of hydrogen-bond acceptors (Lipinski definition) is 2. The Bertz CT molecular complexity index is 485. The average Bonchev–Trinajstić information content (AvgIpc) is 2.37. The van der Waals surface area contributed by atoms with Crippen LogP contribution in [0.25, 0.3) is 0 Å². The molecule has 0 aromatic heterocycles. The Morgan fingerprint density at radius 3 is 2.89 bits per heavy atom. The van der Waals surface area contributed by atoms with Crippen LogP contribution in [-0.4, -0.2) is 35.1 Å².